The van der Waals surface area contributed by atoms with Crippen molar-refractivity contribution in [3.8, 4) is 0 Å². The van der Waals surface area contributed by atoms with E-state index in [1.165, 1.54) is 57.8 Å². The molecule has 2 rings (SSSR count). The summed E-state index contributed by atoms with van der Waals surface area (Å²) < 4.78 is 0. The summed E-state index contributed by atoms with van der Waals surface area (Å²) in [4.78, 5) is 11.9. The quantitative estimate of drug-likeness (QED) is 0.755. The fourth-order valence-electron chi connectivity index (χ4n) is 3.24. The molecular weight excluding hydrogens is 224 g/mol. The molecule has 0 aromatic heterocycles. The minimum atomic E-state index is 0.272. The van der Waals surface area contributed by atoms with Gasteiger partial charge in [0.15, 0.2) is 0 Å². The minimum Gasteiger partial charge on any atom is -0.355 e. The van der Waals surface area contributed by atoms with Crippen molar-refractivity contribution in [2.45, 2.75) is 70.3 Å². The van der Waals surface area contributed by atoms with Crippen molar-refractivity contribution in [3.63, 3.8) is 0 Å². The van der Waals surface area contributed by atoms with E-state index in [-0.39, 0.29) is 5.91 Å². The number of carbonyl (C=O) groups is 1. The van der Waals surface area contributed by atoms with Crippen LogP contribution >= 0.6 is 0 Å². The summed E-state index contributed by atoms with van der Waals surface area (Å²) in [5.41, 5.74) is 0. The zero-order valence-electron chi connectivity index (χ0n) is 11.5. The maximum Gasteiger partial charge on any atom is 0.220 e. The molecule has 1 aliphatic carbocycles. The highest BCUT2D eigenvalue weighted by molar-refractivity contribution is 5.76. The Hall–Kier alpha value is -0.570. The van der Waals surface area contributed by atoms with E-state index in [4.69, 9.17) is 0 Å². The topological polar surface area (TPSA) is 41.1 Å². The van der Waals surface area contributed by atoms with E-state index >= 15 is 0 Å². The SMILES string of the molecule is O=C(CC1CCCCCC1)NCC1CCCCN1. The first-order valence-electron chi connectivity index (χ1n) is 7.84. The van der Waals surface area contributed by atoms with Gasteiger partial charge in [0.1, 0.15) is 0 Å². The van der Waals surface area contributed by atoms with Gasteiger partial charge in [-0.25, -0.2) is 0 Å². The Bertz CT molecular complexity index is 241. The zero-order chi connectivity index (χ0) is 12.6. The maximum atomic E-state index is 11.9. The lowest BCUT2D eigenvalue weighted by Gasteiger charge is -2.24. The van der Waals surface area contributed by atoms with Crippen LogP contribution in [0.4, 0.5) is 0 Å². The normalized spacial score (nSPS) is 26.6. The van der Waals surface area contributed by atoms with Gasteiger partial charge in [-0.05, 0) is 38.1 Å². The predicted octanol–water partition coefficient (Wildman–Crippen LogP) is 2.61. The Balaban J connectivity index is 1.61. The molecular formula is C15H28N2O. The molecule has 2 N–H and O–H groups in total. The lowest BCUT2D eigenvalue weighted by atomic mass is 9.96. The molecule has 1 heterocycles. The Morgan fingerprint density at radius 3 is 2.39 bits per heavy atom. The van der Waals surface area contributed by atoms with Gasteiger partial charge in [-0.15, -0.1) is 0 Å². The molecule has 1 amide bonds. The molecule has 1 saturated heterocycles. The fraction of sp³-hybridized carbons (Fsp3) is 0.933. The van der Waals surface area contributed by atoms with Crippen LogP contribution in [-0.2, 0) is 4.79 Å². The van der Waals surface area contributed by atoms with E-state index in [2.05, 4.69) is 10.6 Å². The molecule has 1 aliphatic heterocycles. The maximum absolute atomic E-state index is 11.9. The van der Waals surface area contributed by atoms with Gasteiger partial charge in [0, 0.05) is 19.0 Å². The van der Waals surface area contributed by atoms with Gasteiger partial charge in [-0.2, -0.15) is 0 Å². The van der Waals surface area contributed by atoms with Crippen molar-refractivity contribution in [1.82, 2.24) is 10.6 Å². The molecule has 1 unspecified atom stereocenters. The van der Waals surface area contributed by atoms with Crippen LogP contribution in [-0.4, -0.2) is 25.0 Å². The van der Waals surface area contributed by atoms with Crippen molar-refractivity contribution in [2.24, 2.45) is 5.92 Å². The number of hydrogen-bond acceptors (Lipinski definition) is 2. The first-order valence-corrected chi connectivity index (χ1v) is 7.84. The second-order valence-corrected chi connectivity index (χ2v) is 6.01. The van der Waals surface area contributed by atoms with E-state index in [0.29, 0.717) is 12.0 Å². The average Bonchev–Trinajstić information content (AvgIpc) is 2.66. The minimum absolute atomic E-state index is 0.272. The van der Waals surface area contributed by atoms with Crippen LogP contribution in [0.3, 0.4) is 0 Å². The monoisotopic (exact) mass is 252 g/mol. The summed E-state index contributed by atoms with van der Waals surface area (Å²) in [5, 5.41) is 6.59. The van der Waals surface area contributed by atoms with E-state index in [1.54, 1.807) is 0 Å². The van der Waals surface area contributed by atoms with Crippen molar-refractivity contribution in [3.05, 3.63) is 0 Å². The molecule has 0 bridgehead atoms. The van der Waals surface area contributed by atoms with Crippen LogP contribution in [0.25, 0.3) is 0 Å². The van der Waals surface area contributed by atoms with Crippen LogP contribution < -0.4 is 10.6 Å². The number of nitrogens with one attached hydrogen (secondary N) is 2. The molecule has 3 nitrogen and oxygen atoms in total. The number of hydrogen-bond donors (Lipinski definition) is 2. The molecule has 1 saturated carbocycles. The third-order valence-corrected chi connectivity index (χ3v) is 4.41. The smallest absolute Gasteiger partial charge is 0.220 e. The molecule has 1 atom stereocenters. The van der Waals surface area contributed by atoms with Crippen molar-refractivity contribution < 1.29 is 4.79 Å². The Kier molecular flexibility index (Phi) is 5.98. The first kappa shape index (κ1) is 13.9. The van der Waals surface area contributed by atoms with Gasteiger partial charge in [0.05, 0.1) is 0 Å². The Morgan fingerprint density at radius 1 is 1.00 bits per heavy atom. The van der Waals surface area contributed by atoms with E-state index in [9.17, 15) is 4.79 Å². The van der Waals surface area contributed by atoms with Crippen LogP contribution in [0.2, 0.25) is 0 Å². The highest BCUT2D eigenvalue weighted by Crippen LogP contribution is 2.25. The van der Waals surface area contributed by atoms with E-state index in [0.717, 1.165) is 19.5 Å². The molecule has 0 aromatic carbocycles. The van der Waals surface area contributed by atoms with E-state index < -0.39 is 0 Å². The van der Waals surface area contributed by atoms with Gasteiger partial charge in [-0.3, -0.25) is 4.79 Å². The highest BCUT2D eigenvalue weighted by atomic mass is 16.1. The first-order chi connectivity index (χ1) is 8.84. The molecule has 18 heavy (non-hydrogen) atoms. The summed E-state index contributed by atoms with van der Waals surface area (Å²) in [6, 6.07) is 0.511. The molecule has 0 spiro atoms. The summed E-state index contributed by atoms with van der Waals surface area (Å²) in [7, 11) is 0. The third kappa shape index (κ3) is 4.97. The highest BCUT2D eigenvalue weighted by Gasteiger charge is 2.17. The van der Waals surface area contributed by atoms with Crippen LogP contribution in [0.5, 0.6) is 0 Å². The molecule has 104 valence electrons. The van der Waals surface area contributed by atoms with Crippen molar-refractivity contribution >= 4 is 5.91 Å². The second kappa shape index (κ2) is 7.78. The largest absolute Gasteiger partial charge is 0.355 e. The number of carbonyl (C=O) groups excluding carboxylic acids is 1. The molecule has 0 aromatic rings. The zero-order valence-corrected chi connectivity index (χ0v) is 11.5. The summed E-state index contributed by atoms with van der Waals surface area (Å²) in [5.74, 6) is 0.918. The fourth-order valence-corrected chi connectivity index (χ4v) is 3.24. The Labute approximate surface area is 111 Å². The van der Waals surface area contributed by atoms with Crippen molar-refractivity contribution in [2.75, 3.05) is 13.1 Å². The van der Waals surface area contributed by atoms with Crippen LogP contribution in [0.1, 0.15) is 64.2 Å². The Morgan fingerprint density at radius 2 is 1.72 bits per heavy atom. The molecule has 3 heteroatoms. The predicted molar refractivity (Wildman–Crippen MR) is 74.5 cm³/mol. The average molecular weight is 252 g/mol. The number of piperidine rings is 1. The van der Waals surface area contributed by atoms with Gasteiger partial charge in [0.2, 0.25) is 5.91 Å². The van der Waals surface area contributed by atoms with E-state index in [1.807, 2.05) is 0 Å². The third-order valence-electron chi connectivity index (χ3n) is 4.41. The number of rotatable bonds is 4. The molecule has 0 radical (unpaired) electrons. The summed E-state index contributed by atoms with van der Waals surface area (Å²) in [6.45, 7) is 1.94. The second-order valence-electron chi connectivity index (χ2n) is 6.01. The molecule has 2 fully saturated rings. The lowest BCUT2D eigenvalue weighted by molar-refractivity contribution is -0.122. The standard InChI is InChI=1S/C15H28N2O/c18-15(11-13-7-3-1-2-4-8-13)17-12-14-9-5-6-10-16-14/h13-14,16H,1-12H2,(H,17,18). The lowest BCUT2D eigenvalue weighted by Crippen LogP contribution is -2.43. The van der Waals surface area contributed by atoms with Crippen LogP contribution in [0.15, 0.2) is 0 Å². The van der Waals surface area contributed by atoms with Gasteiger partial charge in [0.25, 0.3) is 0 Å². The molecule has 2 aliphatic rings. The van der Waals surface area contributed by atoms with Gasteiger partial charge >= 0.3 is 0 Å². The summed E-state index contributed by atoms with van der Waals surface area (Å²) >= 11 is 0. The number of amides is 1. The summed E-state index contributed by atoms with van der Waals surface area (Å²) in [6.07, 6.45) is 12.4. The van der Waals surface area contributed by atoms with Crippen molar-refractivity contribution in [1.29, 1.82) is 0 Å². The van der Waals surface area contributed by atoms with Gasteiger partial charge < -0.3 is 10.6 Å². The van der Waals surface area contributed by atoms with Gasteiger partial charge in [-0.1, -0.05) is 32.1 Å². The van der Waals surface area contributed by atoms with Crippen LogP contribution in [0, 0.1) is 5.92 Å².